The molecule has 1 amide bonds. The van der Waals surface area contributed by atoms with E-state index in [1.165, 1.54) is 24.4 Å². The maximum Gasteiger partial charge on any atom is 0.257 e. The zero-order chi connectivity index (χ0) is 17.1. The van der Waals surface area contributed by atoms with Crippen LogP contribution in [0.4, 0.5) is 15.8 Å². The first-order valence-corrected chi connectivity index (χ1v) is 7.49. The first-order valence-electron chi connectivity index (χ1n) is 7.11. The van der Waals surface area contributed by atoms with Crippen LogP contribution in [0.1, 0.15) is 10.4 Å². The number of nitrogens with zero attached hydrogens (tertiary/aromatic N) is 1. The van der Waals surface area contributed by atoms with Crippen molar-refractivity contribution in [3.05, 3.63) is 77.2 Å². The van der Waals surface area contributed by atoms with Gasteiger partial charge in [-0.1, -0.05) is 11.6 Å². The zero-order valence-corrected chi connectivity index (χ0v) is 13.2. The molecule has 120 valence electrons. The summed E-state index contributed by atoms with van der Waals surface area (Å²) in [6.07, 6.45) is 1.52. The lowest BCUT2D eigenvalue weighted by Gasteiger charge is -2.08. The number of nitrogen functional groups attached to an aromatic ring is 1. The van der Waals surface area contributed by atoms with Gasteiger partial charge in [0.05, 0.1) is 28.2 Å². The minimum Gasteiger partial charge on any atom is -0.399 e. The predicted molar refractivity (Wildman–Crippen MR) is 93.4 cm³/mol. The number of nitrogens with one attached hydrogen (secondary N) is 1. The second-order valence-electron chi connectivity index (χ2n) is 5.13. The zero-order valence-electron chi connectivity index (χ0n) is 12.5. The minimum absolute atomic E-state index is 0.291. The van der Waals surface area contributed by atoms with Crippen LogP contribution in [-0.4, -0.2) is 10.9 Å². The summed E-state index contributed by atoms with van der Waals surface area (Å²) in [6.45, 7) is 0. The Hall–Kier alpha value is -2.92. The van der Waals surface area contributed by atoms with E-state index in [9.17, 15) is 9.18 Å². The summed E-state index contributed by atoms with van der Waals surface area (Å²) in [5, 5.41) is 3.03. The topological polar surface area (TPSA) is 68.0 Å². The molecule has 0 spiro atoms. The number of anilines is 2. The third-order valence-electron chi connectivity index (χ3n) is 3.40. The first kappa shape index (κ1) is 16.0. The van der Waals surface area contributed by atoms with Crippen molar-refractivity contribution >= 4 is 28.9 Å². The summed E-state index contributed by atoms with van der Waals surface area (Å²) in [4.78, 5) is 16.5. The summed E-state index contributed by atoms with van der Waals surface area (Å²) in [5.74, 6) is -0.676. The van der Waals surface area contributed by atoms with Crippen molar-refractivity contribution in [2.45, 2.75) is 0 Å². The number of carbonyl (C=O) groups excluding carboxylic acids is 1. The number of halogens is 2. The Bertz CT molecular complexity index is 880. The predicted octanol–water partition coefficient (Wildman–Crippen LogP) is 4.38. The molecule has 4 nitrogen and oxygen atoms in total. The van der Waals surface area contributed by atoms with Crippen LogP contribution in [0.2, 0.25) is 5.02 Å². The molecule has 0 atom stereocenters. The van der Waals surface area contributed by atoms with Gasteiger partial charge in [0.1, 0.15) is 5.82 Å². The van der Waals surface area contributed by atoms with Crippen LogP contribution < -0.4 is 11.1 Å². The van der Waals surface area contributed by atoms with E-state index in [0.717, 1.165) is 5.56 Å². The smallest absolute Gasteiger partial charge is 0.257 e. The third kappa shape index (κ3) is 3.52. The molecule has 1 aromatic heterocycles. The van der Waals surface area contributed by atoms with Crippen molar-refractivity contribution < 1.29 is 9.18 Å². The Morgan fingerprint density at radius 3 is 2.50 bits per heavy atom. The third-order valence-corrected chi connectivity index (χ3v) is 3.73. The van der Waals surface area contributed by atoms with Crippen LogP contribution in [0.3, 0.4) is 0 Å². The van der Waals surface area contributed by atoms with Crippen LogP contribution in [0, 0.1) is 5.82 Å². The van der Waals surface area contributed by atoms with Crippen LogP contribution >= 0.6 is 11.6 Å². The highest BCUT2D eigenvalue weighted by Crippen LogP contribution is 2.22. The van der Waals surface area contributed by atoms with E-state index in [2.05, 4.69) is 10.3 Å². The molecule has 2 aromatic carbocycles. The number of aromatic nitrogens is 1. The van der Waals surface area contributed by atoms with Crippen molar-refractivity contribution in [1.29, 1.82) is 0 Å². The van der Waals surface area contributed by atoms with Gasteiger partial charge in [-0.15, -0.1) is 0 Å². The lowest BCUT2D eigenvalue weighted by atomic mass is 10.1. The SMILES string of the molecule is Nc1ccc(Cl)c(C(=O)Nc2ccc(-c3ccc(F)cc3)nc2)c1. The summed E-state index contributed by atoms with van der Waals surface area (Å²) in [5.41, 5.74) is 8.40. The number of hydrogen-bond donors (Lipinski definition) is 2. The Morgan fingerprint density at radius 1 is 1.08 bits per heavy atom. The number of hydrogen-bond acceptors (Lipinski definition) is 3. The van der Waals surface area contributed by atoms with Gasteiger partial charge in [0.15, 0.2) is 0 Å². The van der Waals surface area contributed by atoms with E-state index >= 15 is 0 Å². The Balaban J connectivity index is 1.77. The molecule has 3 N–H and O–H groups in total. The molecule has 0 saturated carbocycles. The van der Waals surface area contributed by atoms with Gasteiger partial charge in [-0.25, -0.2) is 4.39 Å². The maximum atomic E-state index is 12.9. The molecule has 3 rings (SSSR count). The molecular weight excluding hydrogens is 329 g/mol. The molecule has 0 radical (unpaired) electrons. The molecule has 0 saturated heterocycles. The molecule has 0 fully saturated rings. The van der Waals surface area contributed by atoms with Crippen LogP contribution in [0.25, 0.3) is 11.3 Å². The van der Waals surface area contributed by atoms with Gasteiger partial charge in [-0.3, -0.25) is 9.78 Å². The van der Waals surface area contributed by atoms with Gasteiger partial charge < -0.3 is 11.1 Å². The normalized spacial score (nSPS) is 10.4. The van der Waals surface area contributed by atoms with Crippen molar-refractivity contribution in [2.24, 2.45) is 0 Å². The Morgan fingerprint density at radius 2 is 1.83 bits per heavy atom. The van der Waals surface area contributed by atoms with Crippen molar-refractivity contribution in [3.8, 4) is 11.3 Å². The number of carbonyl (C=O) groups is 1. The molecule has 0 bridgehead atoms. The first-order chi connectivity index (χ1) is 11.5. The van der Waals surface area contributed by atoms with Crippen molar-refractivity contribution in [3.63, 3.8) is 0 Å². The summed E-state index contributed by atoms with van der Waals surface area (Å²) < 4.78 is 12.9. The van der Waals surface area contributed by atoms with Gasteiger partial charge in [0.2, 0.25) is 0 Å². The molecule has 6 heteroatoms. The number of benzene rings is 2. The van der Waals surface area contributed by atoms with E-state index in [-0.39, 0.29) is 11.7 Å². The van der Waals surface area contributed by atoms with E-state index in [0.29, 0.717) is 27.7 Å². The highest BCUT2D eigenvalue weighted by Gasteiger charge is 2.11. The molecule has 3 aromatic rings. The average molecular weight is 342 g/mol. The van der Waals surface area contributed by atoms with E-state index in [4.69, 9.17) is 17.3 Å². The van der Waals surface area contributed by atoms with Crippen LogP contribution in [0.15, 0.2) is 60.8 Å². The summed E-state index contributed by atoms with van der Waals surface area (Å²) in [6, 6.07) is 14.2. The van der Waals surface area contributed by atoms with Crippen LogP contribution in [-0.2, 0) is 0 Å². The van der Waals surface area contributed by atoms with Gasteiger partial charge in [0.25, 0.3) is 5.91 Å². The molecule has 0 aliphatic carbocycles. The van der Waals surface area contributed by atoms with Crippen molar-refractivity contribution in [2.75, 3.05) is 11.1 Å². The van der Waals surface area contributed by atoms with Gasteiger partial charge in [-0.2, -0.15) is 0 Å². The second kappa shape index (κ2) is 6.68. The van der Waals surface area contributed by atoms with Gasteiger partial charge in [0, 0.05) is 11.3 Å². The monoisotopic (exact) mass is 341 g/mol. The fourth-order valence-electron chi connectivity index (χ4n) is 2.17. The Labute approximate surface area is 143 Å². The van der Waals surface area contributed by atoms with Gasteiger partial charge in [-0.05, 0) is 54.6 Å². The summed E-state index contributed by atoms with van der Waals surface area (Å²) >= 11 is 6.01. The Kier molecular flexibility index (Phi) is 4.44. The number of rotatable bonds is 3. The standard InChI is InChI=1S/C18H13ClFN3O/c19-16-7-5-13(21)9-15(16)18(24)23-14-6-8-17(22-10-14)11-1-3-12(20)4-2-11/h1-10H,21H2,(H,23,24). The lowest BCUT2D eigenvalue weighted by Crippen LogP contribution is -2.13. The van der Waals surface area contributed by atoms with Crippen LogP contribution in [0.5, 0.6) is 0 Å². The fraction of sp³-hybridized carbons (Fsp3) is 0. The molecule has 0 aliphatic heterocycles. The molecule has 24 heavy (non-hydrogen) atoms. The molecule has 0 aliphatic rings. The van der Waals surface area contributed by atoms with E-state index in [1.807, 2.05) is 0 Å². The average Bonchev–Trinajstić information content (AvgIpc) is 2.58. The second-order valence-corrected chi connectivity index (χ2v) is 5.54. The van der Waals surface area contributed by atoms with E-state index < -0.39 is 0 Å². The number of nitrogens with two attached hydrogens (primary N) is 1. The number of pyridine rings is 1. The summed E-state index contributed by atoms with van der Waals surface area (Å²) in [7, 11) is 0. The molecule has 0 unspecified atom stereocenters. The van der Waals surface area contributed by atoms with Crippen molar-refractivity contribution in [1.82, 2.24) is 4.98 Å². The number of amides is 1. The molecular formula is C18H13ClFN3O. The highest BCUT2D eigenvalue weighted by molar-refractivity contribution is 6.34. The van der Waals surface area contributed by atoms with Gasteiger partial charge >= 0.3 is 0 Å². The lowest BCUT2D eigenvalue weighted by molar-refractivity contribution is 0.102. The quantitative estimate of drug-likeness (QED) is 0.695. The highest BCUT2D eigenvalue weighted by atomic mass is 35.5. The minimum atomic E-state index is -0.372. The van der Waals surface area contributed by atoms with E-state index in [1.54, 1.807) is 36.4 Å². The molecule has 1 heterocycles. The maximum absolute atomic E-state index is 12.9. The largest absolute Gasteiger partial charge is 0.399 e. The fourth-order valence-corrected chi connectivity index (χ4v) is 2.38.